The topological polar surface area (TPSA) is 38.8 Å². The predicted molar refractivity (Wildman–Crippen MR) is 109 cm³/mol. The molecule has 0 aliphatic carbocycles. The molecule has 1 heterocycles. The maximum absolute atomic E-state index is 13.0. The van der Waals surface area contributed by atoms with Crippen LogP contribution >= 0.6 is 24.0 Å². The number of thioether (sulfide) groups is 1. The van der Waals surface area contributed by atoms with Crippen molar-refractivity contribution in [3.8, 4) is 11.5 Å². The Labute approximate surface area is 162 Å². The highest BCUT2D eigenvalue weighted by molar-refractivity contribution is 8.26. The standard InChI is InChI=1S/C20H19NO3S2/c1-13(14-7-5-4-6-8-14)21-19(22)18(26-20(21)25)12-15-11-16(23-2)9-10-17(15)24-3/h4-13H,1-3H3/b18-12+. The fraction of sp³-hybridized carbons (Fsp3) is 0.200. The van der Waals surface area contributed by atoms with Crippen molar-refractivity contribution in [1.29, 1.82) is 0 Å². The molecule has 2 aromatic carbocycles. The molecule has 4 nitrogen and oxygen atoms in total. The largest absolute Gasteiger partial charge is 0.497 e. The zero-order valence-corrected chi connectivity index (χ0v) is 16.4. The van der Waals surface area contributed by atoms with Crippen LogP contribution in [-0.2, 0) is 4.79 Å². The van der Waals surface area contributed by atoms with Crippen LogP contribution in [0.25, 0.3) is 6.08 Å². The summed E-state index contributed by atoms with van der Waals surface area (Å²) in [6, 6.07) is 15.2. The molecular weight excluding hydrogens is 366 g/mol. The monoisotopic (exact) mass is 385 g/mol. The van der Waals surface area contributed by atoms with Crippen LogP contribution in [0.2, 0.25) is 0 Å². The van der Waals surface area contributed by atoms with Crippen molar-refractivity contribution < 1.29 is 14.3 Å². The number of thiocarbonyl (C=S) groups is 1. The van der Waals surface area contributed by atoms with Crippen molar-refractivity contribution in [2.24, 2.45) is 0 Å². The van der Waals surface area contributed by atoms with Gasteiger partial charge in [0, 0.05) is 5.56 Å². The molecule has 1 amide bonds. The molecule has 1 atom stereocenters. The number of carbonyl (C=O) groups excluding carboxylic acids is 1. The minimum absolute atomic E-state index is 0.0961. The van der Waals surface area contributed by atoms with E-state index in [1.54, 1.807) is 25.2 Å². The van der Waals surface area contributed by atoms with Crippen LogP contribution < -0.4 is 9.47 Å². The van der Waals surface area contributed by atoms with E-state index in [0.29, 0.717) is 20.7 Å². The van der Waals surface area contributed by atoms with Crippen LogP contribution in [0.1, 0.15) is 24.1 Å². The van der Waals surface area contributed by atoms with Gasteiger partial charge in [0.05, 0.1) is 25.2 Å². The van der Waals surface area contributed by atoms with Gasteiger partial charge in [0.2, 0.25) is 0 Å². The normalized spacial score (nSPS) is 16.9. The second kappa shape index (κ2) is 7.93. The van der Waals surface area contributed by atoms with Crippen molar-refractivity contribution >= 4 is 40.3 Å². The van der Waals surface area contributed by atoms with Gasteiger partial charge in [-0.3, -0.25) is 9.69 Å². The first kappa shape index (κ1) is 18.5. The summed E-state index contributed by atoms with van der Waals surface area (Å²) in [5.74, 6) is 1.28. The molecule has 1 aliphatic rings. The van der Waals surface area contributed by atoms with E-state index in [4.69, 9.17) is 21.7 Å². The molecule has 1 fully saturated rings. The molecule has 0 radical (unpaired) electrons. The maximum Gasteiger partial charge on any atom is 0.266 e. The highest BCUT2D eigenvalue weighted by atomic mass is 32.2. The lowest BCUT2D eigenvalue weighted by atomic mass is 10.1. The van der Waals surface area contributed by atoms with Gasteiger partial charge in [-0.25, -0.2) is 0 Å². The summed E-state index contributed by atoms with van der Waals surface area (Å²) in [5, 5.41) is 0. The Bertz CT molecular complexity index is 865. The fourth-order valence-corrected chi connectivity index (χ4v) is 4.20. The number of hydrogen-bond donors (Lipinski definition) is 0. The summed E-state index contributed by atoms with van der Waals surface area (Å²) in [7, 11) is 3.20. The summed E-state index contributed by atoms with van der Waals surface area (Å²) in [6.07, 6.45) is 1.80. The van der Waals surface area contributed by atoms with Crippen molar-refractivity contribution in [3.05, 3.63) is 64.6 Å². The highest BCUT2D eigenvalue weighted by Gasteiger charge is 2.36. The molecule has 2 aromatic rings. The Kier molecular flexibility index (Phi) is 5.64. The van der Waals surface area contributed by atoms with E-state index in [0.717, 1.165) is 11.1 Å². The number of amides is 1. The van der Waals surface area contributed by atoms with Gasteiger partial charge in [0.25, 0.3) is 5.91 Å². The minimum Gasteiger partial charge on any atom is -0.497 e. The quantitative estimate of drug-likeness (QED) is 0.553. The van der Waals surface area contributed by atoms with Gasteiger partial charge >= 0.3 is 0 Å². The second-order valence-corrected chi connectivity index (χ2v) is 7.42. The third-order valence-corrected chi connectivity index (χ3v) is 5.55. The molecule has 0 N–H and O–H groups in total. The number of ether oxygens (including phenoxy) is 2. The molecule has 26 heavy (non-hydrogen) atoms. The minimum atomic E-state index is -0.123. The average molecular weight is 386 g/mol. The second-order valence-electron chi connectivity index (χ2n) is 5.75. The van der Waals surface area contributed by atoms with Gasteiger partial charge in [-0.2, -0.15) is 0 Å². The molecule has 1 saturated heterocycles. The molecule has 1 aliphatic heterocycles. The van der Waals surface area contributed by atoms with E-state index < -0.39 is 0 Å². The summed E-state index contributed by atoms with van der Waals surface area (Å²) in [6.45, 7) is 1.98. The van der Waals surface area contributed by atoms with E-state index in [-0.39, 0.29) is 11.9 Å². The predicted octanol–water partition coefficient (Wildman–Crippen LogP) is 4.67. The van der Waals surface area contributed by atoms with Crippen LogP contribution in [-0.4, -0.2) is 29.3 Å². The smallest absolute Gasteiger partial charge is 0.266 e. The van der Waals surface area contributed by atoms with Crippen LogP contribution in [0.15, 0.2) is 53.4 Å². The molecule has 0 saturated carbocycles. The number of benzene rings is 2. The Morgan fingerprint density at radius 3 is 2.50 bits per heavy atom. The fourth-order valence-electron chi connectivity index (χ4n) is 2.79. The molecular formula is C20H19NO3S2. The summed E-state index contributed by atoms with van der Waals surface area (Å²) >= 11 is 6.77. The molecule has 6 heteroatoms. The number of nitrogens with zero attached hydrogens (tertiary/aromatic N) is 1. The van der Waals surface area contributed by atoms with Crippen LogP contribution in [0.4, 0.5) is 0 Å². The van der Waals surface area contributed by atoms with E-state index in [9.17, 15) is 4.79 Å². The molecule has 0 spiro atoms. The van der Waals surface area contributed by atoms with Gasteiger partial charge in [0.1, 0.15) is 15.8 Å². The van der Waals surface area contributed by atoms with Crippen LogP contribution in [0.3, 0.4) is 0 Å². The maximum atomic E-state index is 13.0. The molecule has 1 unspecified atom stereocenters. The molecule has 0 aromatic heterocycles. The summed E-state index contributed by atoms with van der Waals surface area (Å²) in [4.78, 5) is 15.2. The highest BCUT2D eigenvalue weighted by Crippen LogP contribution is 2.39. The zero-order valence-electron chi connectivity index (χ0n) is 14.8. The molecule has 134 valence electrons. The average Bonchev–Trinajstić information content (AvgIpc) is 2.95. The third-order valence-electron chi connectivity index (χ3n) is 4.22. The SMILES string of the molecule is COc1ccc(OC)c(/C=C2/SC(=S)N(C(C)c3ccccc3)C2=O)c1. The van der Waals surface area contributed by atoms with Crippen molar-refractivity contribution in [1.82, 2.24) is 4.90 Å². The van der Waals surface area contributed by atoms with E-state index >= 15 is 0 Å². The Balaban J connectivity index is 1.93. The lowest BCUT2D eigenvalue weighted by Crippen LogP contribution is -2.30. The van der Waals surface area contributed by atoms with Gasteiger partial charge in [0.15, 0.2) is 0 Å². The van der Waals surface area contributed by atoms with Crippen LogP contribution in [0.5, 0.6) is 11.5 Å². The number of rotatable bonds is 5. The van der Waals surface area contributed by atoms with Crippen LogP contribution in [0, 0.1) is 0 Å². The summed E-state index contributed by atoms with van der Waals surface area (Å²) < 4.78 is 11.2. The van der Waals surface area contributed by atoms with Gasteiger partial charge in [-0.15, -0.1) is 0 Å². The summed E-state index contributed by atoms with van der Waals surface area (Å²) in [5.41, 5.74) is 1.82. The number of methoxy groups -OCH3 is 2. The zero-order chi connectivity index (χ0) is 18.7. The van der Waals surface area contributed by atoms with Gasteiger partial charge in [-0.1, -0.05) is 54.3 Å². The Morgan fingerprint density at radius 2 is 1.85 bits per heavy atom. The lowest BCUT2D eigenvalue weighted by molar-refractivity contribution is -0.123. The van der Waals surface area contributed by atoms with E-state index in [2.05, 4.69) is 0 Å². The first-order valence-corrected chi connectivity index (χ1v) is 9.31. The number of hydrogen-bond acceptors (Lipinski definition) is 5. The Morgan fingerprint density at radius 1 is 1.12 bits per heavy atom. The van der Waals surface area contributed by atoms with E-state index in [1.807, 2.05) is 55.5 Å². The molecule has 3 rings (SSSR count). The van der Waals surface area contributed by atoms with Crippen molar-refractivity contribution in [2.75, 3.05) is 14.2 Å². The molecule has 0 bridgehead atoms. The third kappa shape index (κ3) is 3.61. The van der Waals surface area contributed by atoms with Crippen molar-refractivity contribution in [3.63, 3.8) is 0 Å². The van der Waals surface area contributed by atoms with Gasteiger partial charge < -0.3 is 9.47 Å². The first-order chi connectivity index (χ1) is 12.5. The first-order valence-electron chi connectivity index (χ1n) is 8.09. The lowest BCUT2D eigenvalue weighted by Gasteiger charge is -2.23. The Hall–Kier alpha value is -2.31. The van der Waals surface area contributed by atoms with Gasteiger partial charge in [-0.05, 0) is 36.8 Å². The van der Waals surface area contributed by atoms with E-state index in [1.165, 1.54) is 11.8 Å². The number of carbonyl (C=O) groups is 1. The van der Waals surface area contributed by atoms with Crippen molar-refractivity contribution in [2.45, 2.75) is 13.0 Å².